The third-order valence-electron chi connectivity index (χ3n) is 4.27. The minimum absolute atomic E-state index is 0.0295. The van der Waals surface area contributed by atoms with Crippen LogP contribution in [0.2, 0.25) is 0 Å². The number of thiazole rings is 1. The zero-order valence-electron chi connectivity index (χ0n) is 16.6. The third kappa shape index (κ3) is 6.70. The maximum Gasteiger partial charge on any atom is 0.216 e. The number of ether oxygens (including phenoxy) is 1. The molecular weight excluding hydrogens is 386 g/mol. The van der Waals surface area contributed by atoms with Crippen molar-refractivity contribution in [3.63, 3.8) is 0 Å². The number of aromatic nitrogens is 1. The van der Waals surface area contributed by atoms with E-state index in [4.69, 9.17) is 4.74 Å². The number of aliphatic imine (C=N–C) groups is 1. The fourth-order valence-corrected chi connectivity index (χ4v) is 4.82. The molecule has 1 aromatic heterocycles. The second kappa shape index (κ2) is 10.4. The molecule has 1 N–H and O–H groups in total. The average Bonchev–Trinajstić information content (AvgIpc) is 3.10. The number of nitrogens with one attached hydrogen (secondary N) is 1. The molecule has 1 aliphatic rings. The van der Waals surface area contributed by atoms with Crippen molar-refractivity contribution in [3.8, 4) is 0 Å². The molecule has 8 nitrogen and oxygen atoms in total. The largest absolute Gasteiger partial charge is 0.378 e. The first-order valence-corrected chi connectivity index (χ1v) is 11.8. The van der Waals surface area contributed by atoms with Crippen molar-refractivity contribution in [1.29, 1.82) is 0 Å². The molecule has 154 valence electrons. The van der Waals surface area contributed by atoms with E-state index in [1.165, 1.54) is 0 Å². The van der Waals surface area contributed by atoms with Crippen LogP contribution < -0.4 is 5.32 Å². The van der Waals surface area contributed by atoms with Gasteiger partial charge in [-0.25, -0.2) is 13.4 Å². The van der Waals surface area contributed by atoms with Gasteiger partial charge in [-0.15, -0.1) is 11.3 Å². The van der Waals surface area contributed by atoms with E-state index in [2.05, 4.69) is 32.5 Å². The Morgan fingerprint density at radius 1 is 1.37 bits per heavy atom. The van der Waals surface area contributed by atoms with Gasteiger partial charge >= 0.3 is 0 Å². The lowest BCUT2D eigenvalue weighted by Crippen LogP contribution is -2.54. The summed E-state index contributed by atoms with van der Waals surface area (Å²) in [5, 5.41) is 6.51. The van der Waals surface area contributed by atoms with Crippen LogP contribution in [0, 0.1) is 0 Å². The molecule has 0 unspecified atom stereocenters. The molecule has 2 rings (SSSR count). The lowest BCUT2D eigenvalue weighted by Gasteiger charge is -2.35. The molecule has 1 fully saturated rings. The van der Waals surface area contributed by atoms with Crippen LogP contribution in [-0.4, -0.2) is 80.3 Å². The minimum Gasteiger partial charge on any atom is -0.378 e. The number of rotatable bonds is 8. The van der Waals surface area contributed by atoms with E-state index in [-0.39, 0.29) is 18.5 Å². The Hall–Kier alpha value is -1.23. The summed E-state index contributed by atoms with van der Waals surface area (Å²) < 4.78 is 31.8. The number of guanidine groups is 1. The van der Waals surface area contributed by atoms with Gasteiger partial charge < -0.3 is 15.0 Å². The Labute approximate surface area is 166 Å². The highest BCUT2D eigenvalue weighted by Gasteiger charge is 2.28. The first kappa shape index (κ1) is 22.1. The lowest BCUT2D eigenvalue weighted by atomic mass is 10.4. The van der Waals surface area contributed by atoms with E-state index in [1.807, 2.05) is 13.8 Å². The van der Waals surface area contributed by atoms with Crippen LogP contribution in [0.3, 0.4) is 0 Å². The maximum absolute atomic E-state index is 12.4. The SMILES string of the molecule is CCc1nc(CNC(=NC)N2CCN(S(=O)(=O)CCOC(C)C)CC2)cs1. The highest BCUT2D eigenvalue weighted by molar-refractivity contribution is 7.89. The summed E-state index contributed by atoms with van der Waals surface area (Å²) in [4.78, 5) is 11.0. The number of piperazine rings is 1. The van der Waals surface area contributed by atoms with Crippen LogP contribution >= 0.6 is 11.3 Å². The molecule has 1 aromatic rings. The topological polar surface area (TPSA) is 87.1 Å². The zero-order valence-corrected chi connectivity index (χ0v) is 18.3. The molecule has 0 saturated carbocycles. The minimum atomic E-state index is -3.28. The molecule has 2 heterocycles. The molecule has 27 heavy (non-hydrogen) atoms. The van der Waals surface area contributed by atoms with E-state index in [0.29, 0.717) is 32.7 Å². The van der Waals surface area contributed by atoms with Gasteiger partial charge in [-0.05, 0) is 20.3 Å². The summed E-state index contributed by atoms with van der Waals surface area (Å²) in [7, 11) is -1.53. The Kier molecular flexibility index (Phi) is 8.46. The zero-order chi connectivity index (χ0) is 19.9. The van der Waals surface area contributed by atoms with Gasteiger partial charge in [0, 0.05) is 38.6 Å². The summed E-state index contributed by atoms with van der Waals surface area (Å²) in [6, 6.07) is 0. The fourth-order valence-electron chi connectivity index (χ4n) is 2.79. The van der Waals surface area contributed by atoms with Crippen LogP contribution in [-0.2, 0) is 27.7 Å². The van der Waals surface area contributed by atoms with E-state index >= 15 is 0 Å². The average molecular weight is 418 g/mol. The predicted molar refractivity (Wildman–Crippen MR) is 110 cm³/mol. The smallest absolute Gasteiger partial charge is 0.216 e. The van der Waals surface area contributed by atoms with Crippen molar-refractivity contribution in [2.45, 2.75) is 39.8 Å². The highest BCUT2D eigenvalue weighted by Crippen LogP contribution is 2.11. The second-order valence-electron chi connectivity index (χ2n) is 6.61. The van der Waals surface area contributed by atoms with Gasteiger partial charge in [0.15, 0.2) is 5.96 Å². The Bertz CT molecular complexity index is 710. The van der Waals surface area contributed by atoms with Crippen molar-refractivity contribution in [1.82, 2.24) is 19.5 Å². The summed E-state index contributed by atoms with van der Waals surface area (Å²) in [6.07, 6.45) is 0.982. The molecule has 0 atom stereocenters. The van der Waals surface area contributed by atoms with Crippen LogP contribution in [0.25, 0.3) is 0 Å². The van der Waals surface area contributed by atoms with Crippen LogP contribution in [0.5, 0.6) is 0 Å². The van der Waals surface area contributed by atoms with Crippen LogP contribution in [0.1, 0.15) is 31.5 Å². The van der Waals surface area contributed by atoms with Gasteiger partial charge in [-0.3, -0.25) is 4.99 Å². The van der Waals surface area contributed by atoms with Gasteiger partial charge in [0.25, 0.3) is 0 Å². The quantitative estimate of drug-likeness (QED) is 0.504. The molecule has 1 aliphatic heterocycles. The highest BCUT2D eigenvalue weighted by atomic mass is 32.2. The fraction of sp³-hybridized carbons (Fsp3) is 0.765. The number of sulfonamides is 1. The summed E-state index contributed by atoms with van der Waals surface area (Å²) in [5.41, 5.74) is 1.00. The van der Waals surface area contributed by atoms with E-state index in [0.717, 1.165) is 23.1 Å². The number of hydrogen-bond acceptors (Lipinski definition) is 6. The first-order chi connectivity index (χ1) is 12.9. The molecule has 0 bridgehead atoms. The molecule has 0 radical (unpaired) electrons. The maximum atomic E-state index is 12.4. The molecular formula is C17H31N5O3S2. The van der Waals surface area contributed by atoms with Crippen molar-refractivity contribution in [3.05, 3.63) is 16.1 Å². The Morgan fingerprint density at radius 2 is 2.07 bits per heavy atom. The standard InChI is InChI=1S/C17H31N5O3S2/c1-5-16-20-15(13-26-16)12-19-17(18-4)21-6-8-22(9-7-21)27(23,24)11-10-25-14(2)3/h13-14H,5-12H2,1-4H3,(H,18,19). The molecule has 1 saturated heterocycles. The Morgan fingerprint density at radius 3 is 2.63 bits per heavy atom. The van der Waals surface area contributed by atoms with Crippen molar-refractivity contribution >= 4 is 27.3 Å². The number of hydrogen-bond donors (Lipinski definition) is 1. The third-order valence-corrected chi connectivity index (χ3v) is 7.14. The van der Waals surface area contributed by atoms with Gasteiger partial charge in [0.05, 0.1) is 35.7 Å². The van der Waals surface area contributed by atoms with Crippen LogP contribution in [0.15, 0.2) is 10.4 Å². The van der Waals surface area contributed by atoms with Gasteiger partial charge in [-0.2, -0.15) is 4.31 Å². The Balaban J connectivity index is 1.82. The van der Waals surface area contributed by atoms with Gasteiger partial charge in [-0.1, -0.05) is 6.92 Å². The van der Waals surface area contributed by atoms with Crippen molar-refractivity contribution in [2.75, 3.05) is 45.6 Å². The number of nitrogens with zero attached hydrogens (tertiary/aromatic N) is 4. The summed E-state index contributed by atoms with van der Waals surface area (Å²) >= 11 is 1.67. The van der Waals surface area contributed by atoms with Crippen LogP contribution in [0.4, 0.5) is 0 Å². The van der Waals surface area contributed by atoms with Gasteiger partial charge in [0.1, 0.15) is 0 Å². The molecule has 0 amide bonds. The summed E-state index contributed by atoms with van der Waals surface area (Å²) in [5.74, 6) is 0.808. The van der Waals surface area contributed by atoms with Gasteiger partial charge in [0.2, 0.25) is 10.0 Å². The number of aryl methyl sites for hydroxylation is 1. The van der Waals surface area contributed by atoms with Crippen molar-refractivity contribution < 1.29 is 13.2 Å². The first-order valence-electron chi connectivity index (χ1n) is 9.34. The van der Waals surface area contributed by atoms with Crippen molar-refractivity contribution in [2.24, 2.45) is 4.99 Å². The molecule has 0 aromatic carbocycles. The van der Waals surface area contributed by atoms with E-state index in [1.54, 1.807) is 22.7 Å². The summed E-state index contributed by atoms with van der Waals surface area (Å²) in [6.45, 7) is 8.89. The lowest BCUT2D eigenvalue weighted by molar-refractivity contribution is 0.0904. The second-order valence-corrected chi connectivity index (χ2v) is 9.64. The van der Waals surface area contributed by atoms with E-state index in [9.17, 15) is 8.42 Å². The molecule has 0 spiro atoms. The molecule has 0 aliphatic carbocycles. The predicted octanol–water partition coefficient (Wildman–Crippen LogP) is 1.15. The normalized spacial score (nSPS) is 16.9. The van der Waals surface area contributed by atoms with E-state index < -0.39 is 10.0 Å². The monoisotopic (exact) mass is 417 g/mol. The molecule has 10 heteroatoms.